The van der Waals surface area contributed by atoms with E-state index in [2.05, 4.69) is 32.0 Å². The first-order valence-electron chi connectivity index (χ1n) is 7.11. The average molecular weight is 232 g/mol. The smallest absolute Gasteiger partial charge is 0.125 e. The van der Waals surface area contributed by atoms with Gasteiger partial charge in [-0.25, -0.2) is 0 Å². The molecule has 0 bridgehead atoms. The van der Waals surface area contributed by atoms with Crippen molar-refractivity contribution in [3.63, 3.8) is 0 Å². The topological polar surface area (TPSA) is 9.23 Å². The zero-order chi connectivity index (χ0) is 12.1. The Morgan fingerprint density at radius 2 is 1.94 bits per heavy atom. The lowest BCUT2D eigenvalue weighted by atomic mass is 9.94. The van der Waals surface area contributed by atoms with Crippen molar-refractivity contribution in [1.82, 2.24) is 0 Å². The summed E-state index contributed by atoms with van der Waals surface area (Å²) in [4.78, 5) is 0. The van der Waals surface area contributed by atoms with Gasteiger partial charge in [0.05, 0.1) is 6.61 Å². The average Bonchev–Trinajstić information content (AvgIpc) is 2.89. The molecule has 0 unspecified atom stereocenters. The summed E-state index contributed by atoms with van der Waals surface area (Å²) in [5.74, 6) is 1.94. The first-order valence-corrected chi connectivity index (χ1v) is 7.11. The first-order chi connectivity index (χ1) is 8.36. The molecule has 0 saturated heterocycles. The minimum atomic E-state index is 0.744. The van der Waals surface area contributed by atoms with Gasteiger partial charge in [0, 0.05) is 0 Å². The fraction of sp³-hybridized carbons (Fsp3) is 0.625. The molecule has 1 aromatic carbocycles. The summed E-state index contributed by atoms with van der Waals surface area (Å²) < 4.78 is 6.02. The van der Waals surface area contributed by atoms with Gasteiger partial charge in [0.15, 0.2) is 0 Å². The quantitative estimate of drug-likeness (QED) is 0.715. The van der Waals surface area contributed by atoms with E-state index >= 15 is 0 Å². The third-order valence-corrected chi connectivity index (χ3v) is 3.75. The van der Waals surface area contributed by atoms with Crippen LogP contribution in [0.5, 0.6) is 5.75 Å². The molecule has 1 aliphatic carbocycles. The van der Waals surface area contributed by atoms with Crippen LogP contribution < -0.4 is 4.74 Å². The van der Waals surface area contributed by atoms with Gasteiger partial charge in [0.25, 0.3) is 0 Å². The molecule has 0 spiro atoms. The molecular formula is C16H24O. The number of ether oxygens (including phenoxy) is 1. The van der Waals surface area contributed by atoms with Crippen LogP contribution in [0, 0.1) is 0 Å². The molecule has 2 rings (SSSR count). The van der Waals surface area contributed by atoms with Gasteiger partial charge in [-0.1, -0.05) is 44.9 Å². The predicted octanol–water partition coefficient (Wildman–Crippen LogP) is 4.70. The molecule has 1 fully saturated rings. The second-order valence-electron chi connectivity index (χ2n) is 5.02. The number of aryl methyl sites for hydroxylation is 1. The molecule has 0 N–H and O–H groups in total. The van der Waals surface area contributed by atoms with Crippen LogP contribution in [0.25, 0.3) is 0 Å². The van der Waals surface area contributed by atoms with Crippen LogP contribution in [0.1, 0.15) is 63.0 Å². The molecule has 1 heteroatoms. The van der Waals surface area contributed by atoms with Crippen LogP contribution >= 0.6 is 0 Å². The third kappa shape index (κ3) is 2.83. The lowest BCUT2D eigenvalue weighted by Gasteiger charge is -2.18. The largest absolute Gasteiger partial charge is 0.493 e. The number of hydrogen-bond acceptors (Lipinski definition) is 1. The monoisotopic (exact) mass is 232 g/mol. The highest BCUT2D eigenvalue weighted by Gasteiger charge is 2.21. The van der Waals surface area contributed by atoms with Crippen molar-refractivity contribution in [2.45, 2.75) is 58.3 Å². The molecule has 0 heterocycles. The lowest BCUT2D eigenvalue weighted by Crippen LogP contribution is -2.04. The van der Waals surface area contributed by atoms with Crippen molar-refractivity contribution in [3.05, 3.63) is 29.3 Å². The highest BCUT2D eigenvalue weighted by Crippen LogP contribution is 2.40. The Kier molecular flexibility index (Phi) is 4.47. The Labute approximate surface area is 105 Å². The summed E-state index contributed by atoms with van der Waals surface area (Å²) in [6, 6.07) is 6.69. The van der Waals surface area contributed by atoms with Crippen LogP contribution in [0.3, 0.4) is 0 Å². The first kappa shape index (κ1) is 12.5. The van der Waals surface area contributed by atoms with E-state index in [4.69, 9.17) is 4.74 Å². The second kappa shape index (κ2) is 6.09. The van der Waals surface area contributed by atoms with E-state index in [0.29, 0.717) is 0 Å². The van der Waals surface area contributed by atoms with Crippen molar-refractivity contribution in [3.8, 4) is 5.75 Å². The lowest BCUT2D eigenvalue weighted by molar-refractivity contribution is 0.309. The number of para-hydroxylation sites is 1. The Morgan fingerprint density at radius 3 is 2.59 bits per heavy atom. The highest BCUT2D eigenvalue weighted by molar-refractivity contribution is 5.44. The van der Waals surface area contributed by atoms with Gasteiger partial charge < -0.3 is 4.74 Å². The molecule has 0 atom stereocenters. The van der Waals surface area contributed by atoms with Gasteiger partial charge in [-0.05, 0) is 42.7 Å². The summed E-state index contributed by atoms with van der Waals surface area (Å²) in [5, 5.41) is 0. The maximum absolute atomic E-state index is 6.02. The minimum absolute atomic E-state index is 0.744. The van der Waals surface area contributed by atoms with Crippen LogP contribution in [0.2, 0.25) is 0 Å². The molecule has 17 heavy (non-hydrogen) atoms. The van der Waals surface area contributed by atoms with Crippen molar-refractivity contribution in [1.29, 1.82) is 0 Å². The fourth-order valence-corrected chi connectivity index (χ4v) is 2.82. The molecule has 1 saturated carbocycles. The second-order valence-corrected chi connectivity index (χ2v) is 5.02. The Hall–Kier alpha value is -0.980. The van der Waals surface area contributed by atoms with E-state index in [0.717, 1.165) is 25.4 Å². The summed E-state index contributed by atoms with van der Waals surface area (Å²) in [7, 11) is 0. The van der Waals surface area contributed by atoms with E-state index < -0.39 is 0 Å². The summed E-state index contributed by atoms with van der Waals surface area (Å²) in [6.45, 7) is 5.23. The summed E-state index contributed by atoms with van der Waals surface area (Å²) in [5.41, 5.74) is 2.85. The van der Waals surface area contributed by atoms with Crippen molar-refractivity contribution >= 4 is 0 Å². The van der Waals surface area contributed by atoms with Gasteiger partial charge in [0.2, 0.25) is 0 Å². The van der Waals surface area contributed by atoms with E-state index in [-0.39, 0.29) is 0 Å². The maximum Gasteiger partial charge on any atom is 0.125 e. The zero-order valence-corrected chi connectivity index (χ0v) is 11.2. The Morgan fingerprint density at radius 1 is 1.18 bits per heavy atom. The van der Waals surface area contributed by atoms with Gasteiger partial charge in [-0.3, -0.25) is 0 Å². The molecule has 1 aromatic rings. The van der Waals surface area contributed by atoms with E-state index in [9.17, 15) is 0 Å². The number of benzene rings is 1. The van der Waals surface area contributed by atoms with Gasteiger partial charge in [0.1, 0.15) is 5.75 Å². The standard InChI is InChI=1S/C16H24O/c1-3-12-17-16-13(4-2)10-7-11-15(16)14-8-5-6-9-14/h7,10-11,14H,3-6,8-9,12H2,1-2H3. The van der Waals surface area contributed by atoms with Crippen molar-refractivity contribution in [2.24, 2.45) is 0 Å². The Bertz CT molecular complexity index is 351. The minimum Gasteiger partial charge on any atom is -0.493 e. The third-order valence-electron chi connectivity index (χ3n) is 3.75. The molecule has 0 aliphatic heterocycles. The van der Waals surface area contributed by atoms with Crippen LogP contribution in [-0.2, 0) is 6.42 Å². The number of hydrogen-bond donors (Lipinski definition) is 0. The maximum atomic E-state index is 6.02. The molecule has 0 aromatic heterocycles. The van der Waals surface area contributed by atoms with Crippen LogP contribution in [0.4, 0.5) is 0 Å². The molecule has 1 nitrogen and oxygen atoms in total. The fourth-order valence-electron chi connectivity index (χ4n) is 2.82. The van der Waals surface area contributed by atoms with Crippen molar-refractivity contribution in [2.75, 3.05) is 6.61 Å². The SMILES string of the molecule is CCCOc1c(CC)cccc1C1CCCC1. The predicted molar refractivity (Wildman–Crippen MR) is 72.8 cm³/mol. The van der Waals surface area contributed by atoms with E-state index in [1.165, 1.54) is 42.6 Å². The van der Waals surface area contributed by atoms with Gasteiger partial charge in [-0.2, -0.15) is 0 Å². The van der Waals surface area contributed by atoms with E-state index in [1.54, 1.807) is 0 Å². The summed E-state index contributed by atoms with van der Waals surface area (Å²) >= 11 is 0. The Balaban J connectivity index is 2.27. The molecule has 1 aliphatic rings. The highest BCUT2D eigenvalue weighted by atomic mass is 16.5. The molecule has 0 radical (unpaired) electrons. The van der Waals surface area contributed by atoms with Crippen molar-refractivity contribution < 1.29 is 4.74 Å². The zero-order valence-electron chi connectivity index (χ0n) is 11.2. The van der Waals surface area contributed by atoms with E-state index in [1.807, 2.05) is 0 Å². The molecule has 0 amide bonds. The van der Waals surface area contributed by atoms with Crippen LogP contribution in [-0.4, -0.2) is 6.61 Å². The molecule has 94 valence electrons. The number of rotatable bonds is 5. The van der Waals surface area contributed by atoms with Gasteiger partial charge in [-0.15, -0.1) is 0 Å². The molecular weight excluding hydrogens is 208 g/mol. The normalized spacial score (nSPS) is 16.4. The van der Waals surface area contributed by atoms with Crippen LogP contribution in [0.15, 0.2) is 18.2 Å². The summed E-state index contributed by atoms with van der Waals surface area (Å²) in [6.07, 6.45) is 7.61. The van der Waals surface area contributed by atoms with Gasteiger partial charge >= 0.3 is 0 Å².